The molecule has 0 saturated heterocycles. The van der Waals surface area contributed by atoms with Gasteiger partial charge in [-0.05, 0) is 22.6 Å². The Morgan fingerprint density at radius 2 is 2.36 bits per heavy atom. The molecule has 0 aliphatic carbocycles. The van der Waals surface area contributed by atoms with Crippen molar-refractivity contribution in [3.05, 3.63) is 24.4 Å². The average Bonchev–Trinajstić information content (AvgIpc) is 2.67. The largest absolute Gasteiger partial charge is 0.308 e. The number of aromatic nitrogens is 5. The van der Waals surface area contributed by atoms with Crippen LogP contribution >= 0.6 is 15.9 Å². The predicted octanol–water partition coefficient (Wildman–Crippen LogP) is 1.16. The molecule has 1 N–H and O–H groups in total. The van der Waals surface area contributed by atoms with Gasteiger partial charge in [0.15, 0.2) is 0 Å². The van der Waals surface area contributed by atoms with Crippen molar-refractivity contribution in [2.24, 2.45) is 0 Å². The Hall–Kier alpha value is -1.50. The maximum Gasteiger partial charge on any atom is 0.249 e. The van der Waals surface area contributed by atoms with Gasteiger partial charge in [-0.2, -0.15) is 0 Å². The van der Waals surface area contributed by atoms with Gasteiger partial charge in [0.25, 0.3) is 0 Å². The molecule has 0 atom stereocenters. The van der Waals surface area contributed by atoms with E-state index in [0.29, 0.717) is 17.2 Å². The molecule has 2 heterocycles. The van der Waals surface area contributed by atoms with Crippen molar-refractivity contribution < 1.29 is 0 Å². The molecule has 2 aromatic rings. The van der Waals surface area contributed by atoms with Crippen molar-refractivity contribution in [1.82, 2.24) is 25.2 Å². The minimum absolute atomic E-state index is 0.537. The van der Waals surface area contributed by atoms with Crippen LogP contribution in [0.3, 0.4) is 0 Å². The molecule has 0 aromatic carbocycles. The summed E-state index contributed by atoms with van der Waals surface area (Å²) in [7, 11) is 0. The molecular formula is C7H7BrN6. The lowest BCUT2D eigenvalue weighted by molar-refractivity contribution is 0.708. The van der Waals surface area contributed by atoms with E-state index in [1.165, 1.54) is 0 Å². The van der Waals surface area contributed by atoms with E-state index in [9.17, 15) is 0 Å². The maximum atomic E-state index is 4.09. The van der Waals surface area contributed by atoms with E-state index in [1.54, 1.807) is 10.9 Å². The highest BCUT2D eigenvalue weighted by Gasteiger charge is 2.03. The van der Waals surface area contributed by atoms with Crippen LogP contribution in [0.25, 0.3) is 0 Å². The summed E-state index contributed by atoms with van der Waals surface area (Å²) in [6.07, 6.45) is 1.70. The van der Waals surface area contributed by atoms with Crippen LogP contribution in [-0.2, 0) is 5.45 Å². The quantitative estimate of drug-likeness (QED) is 0.833. The first-order valence-electron chi connectivity index (χ1n) is 3.90. The van der Waals surface area contributed by atoms with Crippen molar-refractivity contribution in [1.29, 1.82) is 0 Å². The molecule has 0 unspecified atom stereocenters. The summed E-state index contributed by atoms with van der Waals surface area (Å²) in [4.78, 5) is 4.09. The van der Waals surface area contributed by atoms with E-state index in [1.807, 2.05) is 18.2 Å². The van der Waals surface area contributed by atoms with Gasteiger partial charge in [0, 0.05) is 6.20 Å². The van der Waals surface area contributed by atoms with E-state index in [0.717, 1.165) is 0 Å². The van der Waals surface area contributed by atoms with Crippen LogP contribution in [0.5, 0.6) is 0 Å². The van der Waals surface area contributed by atoms with Gasteiger partial charge in [0.2, 0.25) is 5.95 Å². The Bertz CT molecular complexity index is 400. The normalized spacial score (nSPS) is 10.1. The molecule has 14 heavy (non-hydrogen) atoms. The first-order chi connectivity index (χ1) is 6.90. The number of nitrogens with zero attached hydrogens (tertiary/aromatic N) is 5. The molecule has 0 saturated carbocycles. The van der Waals surface area contributed by atoms with Gasteiger partial charge in [0.05, 0.1) is 0 Å². The van der Waals surface area contributed by atoms with Gasteiger partial charge in [-0.25, -0.2) is 9.67 Å². The molecule has 72 valence electrons. The second-order valence-electron chi connectivity index (χ2n) is 2.46. The molecule has 0 radical (unpaired) electrons. The number of rotatable bonds is 3. The number of anilines is 2. The summed E-state index contributed by atoms with van der Waals surface area (Å²) in [5, 5.41) is 14.1. The Labute approximate surface area is 88.5 Å². The fraction of sp³-hybridized carbons (Fsp3) is 0.143. The van der Waals surface area contributed by atoms with E-state index in [4.69, 9.17) is 0 Å². The fourth-order valence-electron chi connectivity index (χ4n) is 0.926. The third-order valence-corrected chi connectivity index (χ3v) is 2.02. The Balaban J connectivity index is 2.19. The highest BCUT2D eigenvalue weighted by Crippen LogP contribution is 2.09. The Morgan fingerprint density at radius 3 is 3.07 bits per heavy atom. The van der Waals surface area contributed by atoms with Crippen LogP contribution in [0.2, 0.25) is 0 Å². The average molecular weight is 255 g/mol. The van der Waals surface area contributed by atoms with Crippen LogP contribution < -0.4 is 5.32 Å². The minimum Gasteiger partial charge on any atom is -0.308 e. The van der Waals surface area contributed by atoms with Gasteiger partial charge in [-0.1, -0.05) is 27.1 Å². The maximum absolute atomic E-state index is 4.09. The molecule has 0 fully saturated rings. The van der Waals surface area contributed by atoms with Gasteiger partial charge in [-0.15, -0.1) is 0 Å². The van der Waals surface area contributed by atoms with E-state index < -0.39 is 0 Å². The summed E-state index contributed by atoms with van der Waals surface area (Å²) in [6.45, 7) is 0. The summed E-state index contributed by atoms with van der Waals surface area (Å²) >= 11 is 3.26. The number of nitrogens with one attached hydrogen (secondary N) is 1. The zero-order valence-electron chi connectivity index (χ0n) is 7.13. The summed E-state index contributed by atoms with van der Waals surface area (Å²) in [5.74, 6) is 1.27. The lowest BCUT2D eigenvalue weighted by Crippen LogP contribution is -2.03. The van der Waals surface area contributed by atoms with Gasteiger partial charge in [0.1, 0.15) is 11.3 Å². The molecule has 6 nitrogen and oxygen atoms in total. The lowest BCUT2D eigenvalue weighted by atomic mass is 10.5. The molecule has 0 aliphatic rings. The van der Waals surface area contributed by atoms with Crippen LogP contribution in [-0.4, -0.2) is 25.2 Å². The molecular weight excluding hydrogens is 248 g/mol. The third-order valence-electron chi connectivity index (χ3n) is 1.55. The monoisotopic (exact) mass is 254 g/mol. The smallest absolute Gasteiger partial charge is 0.249 e. The van der Waals surface area contributed by atoms with Gasteiger partial charge >= 0.3 is 0 Å². The molecule has 0 spiro atoms. The zero-order valence-corrected chi connectivity index (χ0v) is 8.72. The van der Waals surface area contributed by atoms with Crippen molar-refractivity contribution in [3.8, 4) is 0 Å². The first kappa shape index (κ1) is 9.07. The van der Waals surface area contributed by atoms with Crippen LogP contribution in [0.4, 0.5) is 11.8 Å². The number of pyridine rings is 1. The van der Waals surface area contributed by atoms with Crippen molar-refractivity contribution in [3.63, 3.8) is 0 Å². The minimum atomic E-state index is 0.537. The second kappa shape index (κ2) is 4.14. The van der Waals surface area contributed by atoms with E-state index in [2.05, 4.69) is 41.8 Å². The van der Waals surface area contributed by atoms with Gasteiger partial charge < -0.3 is 5.32 Å². The Morgan fingerprint density at radius 1 is 1.43 bits per heavy atom. The number of hydrogen-bond donors (Lipinski definition) is 1. The topological polar surface area (TPSA) is 68.5 Å². The Kier molecular flexibility index (Phi) is 2.68. The molecule has 2 aromatic heterocycles. The predicted molar refractivity (Wildman–Crippen MR) is 54.3 cm³/mol. The van der Waals surface area contributed by atoms with Crippen LogP contribution in [0.1, 0.15) is 0 Å². The number of alkyl halides is 1. The third kappa shape index (κ3) is 1.87. The number of hydrogen-bond acceptors (Lipinski definition) is 5. The number of tetrazole rings is 1. The van der Waals surface area contributed by atoms with E-state index in [-0.39, 0.29) is 0 Å². The summed E-state index contributed by atoms with van der Waals surface area (Å²) in [6, 6.07) is 5.57. The number of halogens is 1. The highest BCUT2D eigenvalue weighted by molar-refractivity contribution is 9.08. The highest BCUT2D eigenvalue weighted by atomic mass is 79.9. The van der Waals surface area contributed by atoms with E-state index >= 15 is 0 Å². The first-order valence-corrected chi connectivity index (χ1v) is 5.02. The fourth-order valence-corrected chi connectivity index (χ4v) is 1.26. The zero-order chi connectivity index (χ0) is 9.80. The van der Waals surface area contributed by atoms with Crippen molar-refractivity contribution in [2.75, 3.05) is 5.32 Å². The van der Waals surface area contributed by atoms with Crippen molar-refractivity contribution >= 4 is 27.7 Å². The molecule has 2 rings (SSSR count). The van der Waals surface area contributed by atoms with Crippen molar-refractivity contribution in [2.45, 2.75) is 5.45 Å². The summed E-state index contributed by atoms with van der Waals surface area (Å²) < 4.78 is 1.58. The second-order valence-corrected chi connectivity index (χ2v) is 2.96. The molecule has 0 aliphatic heterocycles. The van der Waals surface area contributed by atoms with Gasteiger partial charge in [-0.3, -0.25) is 0 Å². The summed E-state index contributed by atoms with van der Waals surface area (Å²) in [5.41, 5.74) is 0.537. The molecule has 7 heteroatoms. The van der Waals surface area contributed by atoms with Crippen LogP contribution in [0.15, 0.2) is 24.4 Å². The molecule has 0 bridgehead atoms. The lowest BCUT2D eigenvalue weighted by Gasteiger charge is -2.02. The molecule has 0 amide bonds. The van der Waals surface area contributed by atoms with Crippen LogP contribution in [0, 0.1) is 0 Å². The SMILES string of the molecule is BrCn1nnnc1Nc1ccccn1. The standard InChI is InChI=1S/C7H7BrN6/c8-5-14-7(11-12-13-14)10-6-3-1-2-4-9-6/h1-4H,5H2,(H,9,10,11,13).